The normalized spacial score (nSPS) is 11.8. The molecule has 0 aromatic heterocycles. The van der Waals surface area contributed by atoms with E-state index < -0.39 is 5.91 Å². The molecule has 2 aromatic rings. The van der Waals surface area contributed by atoms with Crippen LogP contribution in [0, 0.1) is 6.92 Å². The maximum Gasteiger partial charge on any atom is 0.254 e. The van der Waals surface area contributed by atoms with Gasteiger partial charge in [-0.3, -0.25) is 9.59 Å². The van der Waals surface area contributed by atoms with Crippen LogP contribution in [0.25, 0.3) is 0 Å². The summed E-state index contributed by atoms with van der Waals surface area (Å²) in [5.41, 5.74) is 8.38. The van der Waals surface area contributed by atoms with Gasteiger partial charge >= 0.3 is 0 Å². The van der Waals surface area contributed by atoms with Gasteiger partial charge in [0.25, 0.3) is 5.91 Å². The van der Waals surface area contributed by atoms with Crippen LogP contribution in [0.5, 0.6) is 0 Å². The third-order valence-corrected chi connectivity index (χ3v) is 4.22. The molecule has 2 rings (SSSR count). The minimum atomic E-state index is -0.511. The fraction of sp³-hybridized carbons (Fsp3) is 0.300. The first-order valence-electron chi connectivity index (χ1n) is 8.18. The van der Waals surface area contributed by atoms with Gasteiger partial charge < -0.3 is 15.4 Å². The summed E-state index contributed by atoms with van der Waals surface area (Å²) in [7, 11) is 1.62. The number of carbonyl (C=O) groups is 2. The minimum Gasteiger partial charge on any atom is -0.383 e. The first kappa shape index (κ1) is 18.7. The molecule has 5 nitrogen and oxygen atoms in total. The smallest absolute Gasteiger partial charge is 0.254 e. The van der Waals surface area contributed by atoms with Crippen molar-refractivity contribution in [3.8, 4) is 0 Å². The topological polar surface area (TPSA) is 72.6 Å². The van der Waals surface area contributed by atoms with Gasteiger partial charge in [-0.05, 0) is 49.2 Å². The maximum atomic E-state index is 13.0. The Bertz CT molecular complexity index is 741. The molecule has 0 fully saturated rings. The van der Waals surface area contributed by atoms with Crippen molar-refractivity contribution in [2.45, 2.75) is 26.4 Å². The average molecular weight is 340 g/mol. The van der Waals surface area contributed by atoms with Gasteiger partial charge in [-0.25, -0.2) is 0 Å². The van der Waals surface area contributed by atoms with E-state index in [1.165, 1.54) is 0 Å². The Kier molecular flexibility index (Phi) is 6.31. The number of aryl methyl sites for hydroxylation is 1. The second-order valence-corrected chi connectivity index (χ2v) is 6.11. The first-order valence-corrected chi connectivity index (χ1v) is 8.18. The van der Waals surface area contributed by atoms with Crippen LogP contribution < -0.4 is 5.73 Å². The number of benzene rings is 2. The molecule has 0 aliphatic rings. The van der Waals surface area contributed by atoms with Gasteiger partial charge in [0, 0.05) is 24.8 Å². The SMILES string of the molecule is COCC(C)N(Cc1ccccc1C)C(=O)c1ccc(C(N)=O)cc1. The highest BCUT2D eigenvalue weighted by atomic mass is 16.5. The Morgan fingerprint density at radius 2 is 1.68 bits per heavy atom. The largest absolute Gasteiger partial charge is 0.383 e. The van der Waals surface area contributed by atoms with Crippen LogP contribution in [0.1, 0.15) is 38.8 Å². The lowest BCUT2D eigenvalue weighted by atomic mass is 10.1. The molecule has 25 heavy (non-hydrogen) atoms. The Labute approximate surface area is 148 Å². The summed E-state index contributed by atoms with van der Waals surface area (Å²) < 4.78 is 5.23. The van der Waals surface area contributed by atoms with Crippen LogP contribution in [0.3, 0.4) is 0 Å². The Balaban J connectivity index is 2.29. The molecule has 1 atom stereocenters. The zero-order valence-electron chi connectivity index (χ0n) is 14.9. The monoisotopic (exact) mass is 340 g/mol. The van der Waals surface area contributed by atoms with Gasteiger partial charge in [0.1, 0.15) is 0 Å². The van der Waals surface area contributed by atoms with E-state index in [1.807, 2.05) is 38.1 Å². The van der Waals surface area contributed by atoms with Crippen molar-refractivity contribution in [2.24, 2.45) is 5.73 Å². The van der Waals surface area contributed by atoms with E-state index in [0.29, 0.717) is 24.3 Å². The number of amides is 2. The molecule has 0 aliphatic carbocycles. The number of hydrogen-bond acceptors (Lipinski definition) is 3. The predicted octanol–water partition coefficient (Wildman–Crippen LogP) is 2.77. The molecule has 0 radical (unpaired) electrons. The van der Waals surface area contributed by atoms with E-state index in [0.717, 1.165) is 11.1 Å². The van der Waals surface area contributed by atoms with Gasteiger partial charge in [0.05, 0.1) is 12.6 Å². The van der Waals surface area contributed by atoms with Crippen molar-refractivity contribution in [1.82, 2.24) is 4.90 Å². The van der Waals surface area contributed by atoms with E-state index in [9.17, 15) is 9.59 Å². The Morgan fingerprint density at radius 1 is 1.08 bits per heavy atom. The molecule has 0 heterocycles. The third-order valence-electron chi connectivity index (χ3n) is 4.22. The van der Waals surface area contributed by atoms with E-state index in [4.69, 9.17) is 10.5 Å². The van der Waals surface area contributed by atoms with E-state index >= 15 is 0 Å². The van der Waals surface area contributed by atoms with Crippen LogP contribution in [-0.4, -0.2) is 36.5 Å². The summed E-state index contributed by atoms with van der Waals surface area (Å²) in [6.07, 6.45) is 0. The van der Waals surface area contributed by atoms with Crippen molar-refractivity contribution in [1.29, 1.82) is 0 Å². The molecule has 2 N–H and O–H groups in total. The first-order chi connectivity index (χ1) is 11.9. The lowest BCUT2D eigenvalue weighted by Gasteiger charge is -2.29. The standard InChI is InChI=1S/C20H24N2O3/c1-14-6-4-5-7-18(14)12-22(15(2)13-25-3)20(24)17-10-8-16(9-11-17)19(21)23/h4-11,15H,12-13H2,1-3H3,(H2,21,23). The molecule has 2 amide bonds. The molecule has 0 aliphatic heterocycles. The summed E-state index contributed by atoms with van der Waals surface area (Å²) in [6, 6.07) is 14.3. The molecule has 0 spiro atoms. The Morgan fingerprint density at radius 3 is 2.24 bits per heavy atom. The Hall–Kier alpha value is -2.66. The number of nitrogens with zero attached hydrogens (tertiary/aromatic N) is 1. The molecule has 0 saturated heterocycles. The van der Waals surface area contributed by atoms with Gasteiger partial charge in [0.15, 0.2) is 0 Å². The second-order valence-electron chi connectivity index (χ2n) is 6.11. The van der Waals surface area contributed by atoms with Gasteiger partial charge in [-0.2, -0.15) is 0 Å². The van der Waals surface area contributed by atoms with Crippen LogP contribution >= 0.6 is 0 Å². The number of nitrogens with two attached hydrogens (primary N) is 1. The highest BCUT2D eigenvalue weighted by molar-refractivity contribution is 5.97. The van der Waals surface area contributed by atoms with E-state index in [1.54, 1.807) is 36.3 Å². The van der Waals surface area contributed by atoms with Crippen molar-refractivity contribution < 1.29 is 14.3 Å². The minimum absolute atomic E-state index is 0.0899. The van der Waals surface area contributed by atoms with E-state index in [-0.39, 0.29) is 11.9 Å². The lowest BCUT2D eigenvalue weighted by Crippen LogP contribution is -2.40. The molecule has 2 aromatic carbocycles. The number of rotatable bonds is 7. The molecule has 0 bridgehead atoms. The molecule has 5 heteroatoms. The summed E-state index contributed by atoms with van der Waals surface area (Å²) in [4.78, 5) is 26.0. The molecular formula is C20H24N2O3. The summed E-state index contributed by atoms with van der Waals surface area (Å²) >= 11 is 0. The van der Waals surface area contributed by atoms with Crippen LogP contribution in [0.2, 0.25) is 0 Å². The number of primary amides is 1. The number of hydrogen-bond donors (Lipinski definition) is 1. The maximum absolute atomic E-state index is 13.0. The fourth-order valence-electron chi connectivity index (χ4n) is 2.67. The van der Waals surface area contributed by atoms with Crippen molar-refractivity contribution in [3.63, 3.8) is 0 Å². The summed E-state index contributed by atoms with van der Waals surface area (Å²) in [5, 5.41) is 0. The zero-order chi connectivity index (χ0) is 18.4. The molecule has 132 valence electrons. The van der Waals surface area contributed by atoms with Crippen molar-refractivity contribution in [3.05, 3.63) is 70.8 Å². The highest BCUT2D eigenvalue weighted by Gasteiger charge is 2.22. The van der Waals surface area contributed by atoms with Crippen LogP contribution in [0.15, 0.2) is 48.5 Å². The van der Waals surface area contributed by atoms with Gasteiger partial charge in [0.2, 0.25) is 5.91 Å². The quantitative estimate of drug-likeness (QED) is 0.842. The summed E-state index contributed by atoms with van der Waals surface area (Å²) in [5.74, 6) is -0.618. The third kappa shape index (κ3) is 4.67. The van der Waals surface area contributed by atoms with Gasteiger partial charge in [-0.1, -0.05) is 24.3 Å². The molecule has 1 unspecified atom stereocenters. The second kappa shape index (κ2) is 8.44. The number of carbonyl (C=O) groups excluding carboxylic acids is 2. The fourth-order valence-corrected chi connectivity index (χ4v) is 2.67. The average Bonchev–Trinajstić information content (AvgIpc) is 2.60. The van der Waals surface area contributed by atoms with Crippen molar-refractivity contribution in [2.75, 3.05) is 13.7 Å². The van der Waals surface area contributed by atoms with Crippen LogP contribution in [-0.2, 0) is 11.3 Å². The number of methoxy groups -OCH3 is 1. The highest BCUT2D eigenvalue weighted by Crippen LogP contribution is 2.17. The lowest BCUT2D eigenvalue weighted by molar-refractivity contribution is 0.0541. The van der Waals surface area contributed by atoms with E-state index in [2.05, 4.69) is 0 Å². The van der Waals surface area contributed by atoms with Crippen LogP contribution in [0.4, 0.5) is 0 Å². The predicted molar refractivity (Wildman–Crippen MR) is 97.4 cm³/mol. The number of ether oxygens (including phenoxy) is 1. The zero-order valence-corrected chi connectivity index (χ0v) is 14.9. The van der Waals surface area contributed by atoms with Gasteiger partial charge in [-0.15, -0.1) is 0 Å². The summed E-state index contributed by atoms with van der Waals surface area (Å²) in [6.45, 7) is 4.92. The molecular weight excluding hydrogens is 316 g/mol. The molecule has 0 saturated carbocycles. The van der Waals surface area contributed by atoms with Crippen molar-refractivity contribution >= 4 is 11.8 Å².